The third-order valence-electron chi connectivity index (χ3n) is 3.93. The number of carbonyl (C=O) groups excluding carboxylic acids is 1. The number of carbonyl (C=O) groups is 1. The molecule has 1 aromatic carbocycles. The molecule has 0 spiro atoms. The lowest BCUT2D eigenvalue weighted by Crippen LogP contribution is -2.38. The van der Waals surface area contributed by atoms with Gasteiger partial charge in [0.05, 0.1) is 18.2 Å². The zero-order valence-corrected chi connectivity index (χ0v) is 14.2. The van der Waals surface area contributed by atoms with Gasteiger partial charge >= 0.3 is 0 Å². The second kappa shape index (κ2) is 8.37. The minimum atomic E-state index is -0.120. The molecular weight excluding hydrogens is 332 g/mol. The molecule has 6 nitrogen and oxygen atoms in total. The Labute approximate surface area is 146 Å². The van der Waals surface area contributed by atoms with E-state index in [1.165, 1.54) is 6.08 Å². The van der Waals surface area contributed by atoms with Crippen molar-refractivity contribution in [1.82, 2.24) is 10.2 Å². The van der Waals surface area contributed by atoms with Crippen molar-refractivity contribution in [2.75, 3.05) is 46.2 Å². The van der Waals surface area contributed by atoms with Gasteiger partial charge in [0.25, 0.3) is 0 Å². The smallest absolute Gasteiger partial charge is 0.243 e. The summed E-state index contributed by atoms with van der Waals surface area (Å²) in [5.41, 5.74) is 0.799. The Bertz CT molecular complexity index is 615. The highest BCUT2D eigenvalue weighted by Crippen LogP contribution is 2.39. The number of nitrogens with zero attached hydrogens (tertiary/aromatic N) is 1. The lowest BCUT2D eigenvalue weighted by Gasteiger charge is -2.26. The molecule has 1 aromatic rings. The molecule has 0 saturated carbocycles. The molecule has 2 aliphatic rings. The molecule has 2 aliphatic heterocycles. The molecule has 7 heteroatoms. The van der Waals surface area contributed by atoms with Crippen molar-refractivity contribution >= 4 is 23.6 Å². The van der Waals surface area contributed by atoms with E-state index < -0.39 is 0 Å². The number of nitrogens with one attached hydrogen (secondary N) is 1. The predicted octanol–water partition coefficient (Wildman–Crippen LogP) is 1.92. The van der Waals surface area contributed by atoms with Crippen molar-refractivity contribution in [3.8, 4) is 11.5 Å². The molecule has 2 heterocycles. The van der Waals surface area contributed by atoms with Crippen LogP contribution in [0.4, 0.5) is 0 Å². The number of fused-ring (bicyclic) bond motifs is 1. The van der Waals surface area contributed by atoms with Gasteiger partial charge in [0, 0.05) is 25.7 Å². The van der Waals surface area contributed by atoms with E-state index in [9.17, 15) is 4.79 Å². The number of benzene rings is 1. The highest BCUT2D eigenvalue weighted by molar-refractivity contribution is 6.32. The first kappa shape index (κ1) is 17.1. The normalized spacial score (nSPS) is 17.4. The Morgan fingerprint density at radius 2 is 2.12 bits per heavy atom. The van der Waals surface area contributed by atoms with Crippen LogP contribution in [0.2, 0.25) is 5.02 Å². The van der Waals surface area contributed by atoms with Crippen molar-refractivity contribution in [2.24, 2.45) is 0 Å². The summed E-state index contributed by atoms with van der Waals surface area (Å²) in [5, 5.41) is 3.37. The van der Waals surface area contributed by atoms with Gasteiger partial charge in [0.2, 0.25) is 12.7 Å². The quantitative estimate of drug-likeness (QED) is 0.626. The number of rotatable bonds is 6. The van der Waals surface area contributed by atoms with Crippen LogP contribution >= 0.6 is 11.6 Å². The van der Waals surface area contributed by atoms with Gasteiger partial charge in [0.1, 0.15) is 0 Å². The van der Waals surface area contributed by atoms with Crippen LogP contribution in [0, 0.1) is 0 Å². The first-order chi connectivity index (χ1) is 11.7. The topological polar surface area (TPSA) is 60.0 Å². The van der Waals surface area contributed by atoms with Crippen LogP contribution in [0.5, 0.6) is 11.5 Å². The molecular formula is C17H21ClN2O4. The highest BCUT2D eigenvalue weighted by atomic mass is 35.5. The van der Waals surface area contributed by atoms with Crippen LogP contribution in [0.3, 0.4) is 0 Å². The fourth-order valence-electron chi connectivity index (χ4n) is 2.65. The van der Waals surface area contributed by atoms with E-state index >= 15 is 0 Å². The average molecular weight is 353 g/mol. The first-order valence-corrected chi connectivity index (χ1v) is 8.45. The summed E-state index contributed by atoms with van der Waals surface area (Å²) in [6.07, 6.45) is 4.14. The van der Waals surface area contributed by atoms with Gasteiger partial charge in [-0.3, -0.25) is 9.69 Å². The third kappa shape index (κ3) is 4.63. The van der Waals surface area contributed by atoms with E-state index in [-0.39, 0.29) is 12.7 Å². The number of morpholine rings is 1. The van der Waals surface area contributed by atoms with Crippen molar-refractivity contribution in [2.45, 2.75) is 6.42 Å². The number of hydrogen-bond acceptors (Lipinski definition) is 5. The first-order valence-electron chi connectivity index (χ1n) is 8.07. The molecule has 0 aliphatic carbocycles. The Morgan fingerprint density at radius 3 is 2.96 bits per heavy atom. The van der Waals surface area contributed by atoms with Crippen molar-refractivity contribution in [1.29, 1.82) is 0 Å². The maximum absolute atomic E-state index is 11.9. The lowest BCUT2D eigenvalue weighted by molar-refractivity contribution is -0.116. The Kier molecular flexibility index (Phi) is 5.96. The monoisotopic (exact) mass is 352 g/mol. The summed E-state index contributed by atoms with van der Waals surface area (Å²) in [5.74, 6) is 1.04. The summed E-state index contributed by atoms with van der Waals surface area (Å²) >= 11 is 6.11. The number of halogens is 1. The van der Waals surface area contributed by atoms with Crippen LogP contribution in [0.1, 0.15) is 12.0 Å². The van der Waals surface area contributed by atoms with Gasteiger partial charge in [-0.05, 0) is 36.7 Å². The van der Waals surface area contributed by atoms with Gasteiger partial charge in [-0.2, -0.15) is 0 Å². The minimum Gasteiger partial charge on any atom is -0.454 e. The molecule has 1 N–H and O–H groups in total. The number of amides is 1. The summed E-state index contributed by atoms with van der Waals surface area (Å²) in [7, 11) is 0. The van der Waals surface area contributed by atoms with Crippen molar-refractivity contribution in [3.05, 3.63) is 28.8 Å². The second-order valence-corrected chi connectivity index (χ2v) is 6.08. The van der Waals surface area contributed by atoms with Crippen LogP contribution < -0.4 is 14.8 Å². The standard InChI is InChI=1S/C17H21ClN2O4/c18-14-10-13(11-15-17(14)24-12-23-15)2-3-16(21)19-4-1-5-20-6-8-22-9-7-20/h2-3,10-11H,1,4-9,12H2,(H,19,21). The van der Waals surface area contributed by atoms with Gasteiger partial charge in [-0.15, -0.1) is 0 Å². The number of hydrogen-bond donors (Lipinski definition) is 1. The molecule has 0 unspecified atom stereocenters. The molecule has 0 bridgehead atoms. The third-order valence-corrected chi connectivity index (χ3v) is 4.21. The largest absolute Gasteiger partial charge is 0.454 e. The summed E-state index contributed by atoms with van der Waals surface area (Å²) in [4.78, 5) is 14.2. The van der Waals surface area contributed by atoms with Crippen LogP contribution in [-0.4, -0.2) is 57.0 Å². The summed E-state index contributed by atoms with van der Waals surface area (Å²) in [6, 6.07) is 3.55. The van der Waals surface area contributed by atoms with Crippen LogP contribution in [0.15, 0.2) is 18.2 Å². The maximum atomic E-state index is 11.9. The highest BCUT2D eigenvalue weighted by Gasteiger charge is 2.17. The SMILES string of the molecule is O=C(C=Cc1cc(Cl)c2c(c1)OCO2)NCCCN1CCOCC1. The van der Waals surface area contributed by atoms with Crippen LogP contribution in [0.25, 0.3) is 6.08 Å². The summed E-state index contributed by atoms with van der Waals surface area (Å²) in [6.45, 7) is 5.34. The molecule has 1 fully saturated rings. The van der Waals surface area contributed by atoms with Crippen LogP contribution in [-0.2, 0) is 9.53 Å². The van der Waals surface area contributed by atoms with Crippen molar-refractivity contribution < 1.29 is 19.0 Å². The van der Waals surface area contributed by atoms with Gasteiger partial charge in [-0.25, -0.2) is 0 Å². The predicted molar refractivity (Wildman–Crippen MR) is 91.5 cm³/mol. The molecule has 0 radical (unpaired) electrons. The van der Waals surface area contributed by atoms with Gasteiger partial charge < -0.3 is 19.5 Å². The number of ether oxygens (including phenoxy) is 3. The molecule has 1 amide bonds. The molecule has 0 atom stereocenters. The van der Waals surface area contributed by atoms with E-state index in [1.807, 2.05) is 0 Å². The molecule has 130 valence electrons. The molecule has 3 rings (SSSR count). The zero-order chi connectivity index (χ0) is 16.8. The zero-order valence-electron chi connectivity index (χ0n) is 13.4. The van der Waals surface area contributed by atoms with E-state index in [4.69, 9.17) is 25.8 Å². The average Bonchev–Trinajstić information content (AvgIpc) is 3.07. The fourth-order valence-corrected chi connectivity index (χ4v) is 2.93. The maximum Gasteiger partial charge on any atom is 0.243 e. The molecule has 0 aromatic heterocycles. The second-order valence-electron chi connectivity index (χ2n) is 5.67. The van der Waals surface area contributed by atoms with E-state index in [2.05, 4.69) is 10.2 Å². The fraction of sp³-hybridized carbons (Fsp3) is 0.471. The van der Waals surface area contributed by atoms with Crippen molar-refractivity contribution in [3.63, 3.8) is 0 Å². The molecule has 1 saturated heterocycles. The van der Waals surface area contributed by atoms with E-state index in [1.54, 1.807) is 18.2 Å². The van der Waals surface area contributed by atoms with Gasteiger partial charge in [-0.1, -0.05) is 11.6 Å². The van der Waals surface area contributed by atoms with E-state index in [0.29, 0.717) is 23.1 Å². The Morgan fingerprint density at radius 1 is 1.29 bits per heavy atom. The Hall–Kier alpha value is -1.76. The molecule has 24 heavy (non-hydrogen) atoms. The van der Waals surface area contributed by atoms with E-state index in [0.717, 1.165) is 44.8 Å². The Balaban J connectivity index is 1.41. The minimum absolute atomic E-state index is 0.120. The lowest BCUT2D eigenvalue weighted by atomic mass is 10.2. The van der Waals surface area contributed by atoms with Gasteiger partial charge in [0.15, 0.2) is 11.5 Å². The summed E-state index contributed by atoms with van der Waals surface area (Å²) < 4.78 is 15.9.